The number of carbonyl (C=O) groups excluding carboxylic acids is 1. The molecule has 1 aliphatic heterocycles. The van der Waals surface area contributed by atoms with Crippen LogP contribution in [-0.4, -0.2) is 62.2 Å². The van der Waals surface area contributed by atoms with Gasteiger partial charge in [-0.15, -0.1) is 0 Å². The summed E-state index contributed by atoms with van der Waals surface area (Å²) >= 11 is 0. The Morgan fingerprint density at radius 2 is 2.21 bits per heavy atom. The maximum absolute atomic E-state index is 12.4. The smallest absolute Gasteiger partial charge is 0.298 e. The van der Waals surface area contributed by atoms with E-state index in [-0.39, 0.29) is 11.4 Å². The normalized spacial score (nSPS) is 17.9. The zero-order chi connectivity index (χ0) is 20.3. The van der Waals surface area contributed by atoms with E-state index in [2.05, 4.69) is 33.9 Å². The van der Waals surface area contributed by atoms with Gasteiger partial charge in [-0.25, -0.2) is 0 Å². The Morgan fingerprint density at radius 3 is 2.93 bits per heavy atom. The number of piperidine rings is 1. The van der Waals surface area contributed by atoms with Crippen molar-refractivity contribution in [3.8, 4) is 5.75 Å². The van der Waals surface area contributed by atoms with Crippen LogP contribution in [0.5, 0.6) is 5.75 Å². The first-order valence-electron chi connectivity index (χ1n) is 9.92. The van der Waals surface area contributed by atoms with Gasteiger partial charge in [-0.2, -0.15) is 4.98 Å². The SMILES string of the molecule is COc1ccc2oc(N3CCCC(CC(=O)NCC(C)(C)N(C)C)C3)nc2c1. The quantitative estimate of drug-likeness (QED) is 0.786. The van der Waals surface area contributed by atoms with E-state index in [4.69, 9.17) is 9.15 Å². The van der Waals surface area contributed by atoms with Gasteiger partial charge in [0.2, 0.25) is 5.91 Å². The van der Waals surface area contributed by atoms with Crippen molar-refractivity contribution in [1.29, 1.82) is 0 Å². The van der Waals surface area contributed by atoms with Crippen molar-refractivity contribution in [3.05, 3.63) is 18.2 Å². The molecule has 0 saturated carbocycles. The molecule has 1 atom stereocenters. The van der Waals surface area contributed by atoms with Gasteiger partial charge >= 0.3 is 0 Å². The van der Waals surface area contributed by atoms with Gasteiger partial charge in [0.15, 0.2) is 5.58 Å². The summed E-state index contributed by atoms with van der Waals surface area (Å²) in [5.41, 5.74) is 1.48. The van der Waals surface area contributed by atoms with Gasteiger partial charge in [-0.3, -0.25) is 4.79 Å². The monoisotopic (exact) mass is 388 g/mol. The molecule has 7 nitrogen and oxygen atoms in total. The van der Waals surface area contributed by atoms with Crippen LogP contribution in [0, 0.1) is 5.92 Å². The van der Waals surface area contributed by atoms with E-state index in [0.29, 0.717) is 24.9 Å². The minimum Gasteiger partial charge on any atom is -0.497 e. The molecular weight excluding hydrogens is 356 g/mol. The number of anilines is 1. The average molecular weight is 389 g/mol. The molecule has 2 heterocycles. The predicted molar refractivity (Wildman–Crippen MR) is 111 cm³/mol. The molecule has 1 amide bonds. The van der Waals surface area contributed by atoms with Gasteiger partial charge in [-0.05, 0) is 58.8 Å². The Morgan fingerprint density at radius 1 is 1.43 bits per heavy atom. The molecule has 1 saturated heterocycles. The lowest BCUT2D eigenvalue weighted by molar-refractivity contribution is -0.122. The Bertz CT molecular complexity index is 815. The molecule has 0 bridgehead atoms. The van der Waals surface area contributed by atoms with E-state index in [1.807, 2.05) is 32.3 Å². The highest BCUT2D eigenvalue weighted by Gasteiger charge is 2.26. The second-order valence-corrected chi connectivity index (χ2v) is 8.47. The van der Waals surface area contributed by atoms with E-state index in [0.717, 1.165) is 42.8 Å². The van der Waals surface area contributed by atoms with Crippen molar-refractivity contribution >= 4 is 23.0 Å². The van der Waals surface area contributed by atoms with E-state index in [9.17, 15) is 4.79 Å². The molecule has 0 radical (unpaired) electrons. The summed E-state index contributed by atoms with van der Waals surface area (Å²) in [5, 5.41) is 3.09. The largest absolute Gasteiger partial charge is 0.497 e. The Kier molecular flexibility index (Phi) is 6.13. The number of methoxy groups -OCH3 is 1. The topological polar surface area (TPSA) is 70.8 Å². The molecule has 3 rings (SSSR count). The Hall–Kier alpha value is -2.28. The molecule has 154 valence electrons. The van der Waals surface area contributed by atoms with Crippen LogP contribution in [0.4, 0.5) is 6.01 Å². The molecule has 0 aliphatic carbocycles. The van der Waals surface area contributed by atoms with E-state index in [1.165, 1.54) is 0 Å². The van der Waals surface area contributed by atoms with Crippen molar-refractivity contribution in [3.63, 3.8) is 0 Å². The lowest BCUT2D eigenvalue weighted by Gasteiger charge is -2.34. The van der Waals surface area contributed by atoms with Crippen LogP contribution in [0.3, 0.4) is 0 Å². The summed E-state index contributed by atoms with van der Waals surface area (Å²) in [5.74, 6) is 1.19. The average Bonchev–Trinajstić information content (AvgIpc) is 3.10. The zero-order valence-electron chi connectivity index (χ0n) is 17.6. The molecule has 1 fully saturated rings. The van der Waals surface area contributed by atoms with Gasteiger partial charge in [0.1, 0.15) is 11.3 Å². The molecule has 1 N–H and O–H groups in total. The predicted octanol–water partition coefficient (Wildman–Crippen LogP) is 2.90. The summed E-state index contributed by atoms with van der Waals surface area (Å²) in [6, 6.07) is 6.26. The molecule has 1 aromatic heterocycles. The van der Waals surface area contributed by atoms with Crippen LogP contribution in [-0.2, 0) is 4.79 Å². The molecule has 1 unspecified atom stereocenters. The number of amides is 1. The number of nitrogens with one attached hydrogen (secondary N) is 1. The van der Waals surface area contributed by atoms with Crippen LogP contribution in [0.1, 0.15) is 33.1 Å². The fourth-order valence-electron chi connectivity index (χ4n) is 3.37. The number of hydrogen-bond donors (Lipinski definition) is 1. The fourth-order valence-corrected chi connectivity index (χ4v) is 3.37. The number of rotatable bonds is 7. The first kappa shape index (κ1) is 20.5. The van der Waals surface area contributed by atoms with Gasteiger partial charge in [0.05, 0.1) is 7.11 Å². The first-order valence-corrected chi connectivity index (χ1v) is 9.92. The standard InChI is InChI=1S/C21H32N4O3/c1-21(2,24(3)4)14-22-19(26)11-15-7-6-10-25(13-15)20-23-17-12-16(27-5)8-9-18(17)28-20/h8-9,12,15H,6-7,10-11,13-14H2,1-5H3,(H,22,26). The van der Waals surface area contributed by atoms with E-state index >= 15 is 0 Å². The molecule has 1 aromatic carbocycles. The third kappa shape index (κ3) is 4.76. The number of carbonyl (C=O) groups is 1. The highest BCUT2D eigenvalue weighted by Crippen LogP contribution is 2.29. The van der Waals surface area contributed by atoms with Crippen LogP contribution < -0.4 is 15.0 Å². The minimum atomic E-state index is -0.0620. The number of likely N-dealkylation sites (N-methyl/N-ethyl adjacent to an activating group) is 1. The summed E-state index contributed by atoms with van der Waals surface area (Å²) in [4.78, 5) is 21.3. The highest BCUT2D eigenvalue weighted by molar-refractivity contribution is 5.77. The summed E-state index contributed by atoms with van der Waals surface area (Å²) in [6.45, 7) is 6.57. The van der Waals surface area contributed by atoms with Gasteiger partial charge in [0.25, 0.3) is 6.01 Å². The number of benzene rings is 1. The van der Waals surface area contributed by atoms with Crippen LogP contribution in [0.2, 0.25) is 0 Å². The third-order valence-electron chi connectivity index (χ3n) is 5.78. The molecule has 2 aromatic rings. The number of hydrogen-bond acceptors (Lipinski definition) is 6. The zero-order valence-corrected chi connectivity index (χ0v) is 17.6. The number of fused-ring (bicyclic) bond motifs is 1. The molecule has 0 spiro atoms. The van der Waals surface area contributed by atoms with Crippen molar-refractivity contribution in [1.82, 2.24) is 15.2 Å². The second kappa shape index (κ2) is 8.39. The maximum Gasteiger partial charge on any atom is 0.298 e. The van der Waals surface area contributed by atoms with Crippen molar-refractivity contribution < 1.29 is 13.9 Å². The highest BCUT2D eigenvalue weighted by atomic mass is 16.5. The van der Waals surface area contributed by atoms with Crippen LogP contribution in [0.15, 0.2) is 22.6 Å². The van der Waals surface area contributed by atoms with Gasteiger partial charge in [-0.1, -0.05) is 0 Å². The van der Waals surface area contributed by atoms with Gasteiger partial charge in [0, 0.05) is 37.7 Å². The van der Waals surface area contributed by atoms with Gasteiger partial charge < -0.3 is 24.3 Å². The number of oxazole rings is 1. The number of ether oxygens (including phenoxy) is 1. The maximum atomic E-state index is 12.4. The van der Waals surface area contributed by atoms with Crippen molar-refractivity contribution in [2.45, 2.75) is 38.6 Å². The van der Waals surface area contributed by atoms with E-state index in [1.54, 1.807) is 7.11 Å². The minimum absolute atomic E-state index is 0.0620. The Labute approximate surface area is 167 Å². The van der Waals surface area contributed by atoms with E-state index < -0.39 is 0 Å². The molecule has 7 heteroatoms. The summed E-state index contributed by atoms with van der Waals surface area (Å²) in [7, 11) is 5.70. The number of aromatic nitrogens is 1. The molecular formula is C21H32N4O3. The molecule has 1 aliphatic rings. The second-order valence-electron chi connectivity index (χ2n) is 8.47. The fraction of sp³-hybridized carbons (Fsp3) is 0.619. The summed E-state index contributed by atoms with van der Waals surface area (Å²) in [6.07, 6.45) is 2.62. The van der Waals surface area contributed by atoms with Crippen LogP contribution >= 0.6 is 0 Å². The Balaban J connectivity index is 1.59. The lowest BCUT2D eigenvalue weighted by atomic mass is 9.94. The third-order valence-corrected chi connectivity index (χ3v) is 5.78. The summed E-state index contributed by atoms with van der Waals surface area (Å²) < 4.78 is 11.2. The number of nitrogens with zero attached hydrogens (tertiary/aromatic N) is 3. The first-order chi connectivity index (χ1) is 13.3. The molecule has 28 heavy (non-hydrogen) atoms. The van der Waals surface area contributed by atoms with Crippen molar-refractivity contribution in [2.75, 3.05) is 45.7 Å². The van der Waals surface area contributed by atoms with Crippen LogP contribution in [0.25, 0.3) is 11.1 Å². The lowest BCUT2D eigenvalue weighted by Crippen LogP contribution is -2.48. The van der Waals surface area contributed by atoms with Crippen molar-refractivity contribution in [2.24, 2.45) is 5.92 Å².